The molecule has 2 aromatic rings. The lowest BCUT2D eigenvalue weighted by molar-refractivity contribution is 0.0993. The summed E-state index contributed by atoms with van der Waals surface area (Å²) in [6.45, 7) is 0. The van der Waals surface area contributed by atoms with Gasteiger partial charge in [-0.25, -0.2) is 0 Å². The van der Waals surface area contributed by atoms with Gasteiger partial charge in [0.15, 0.2) is 5.78 Å². The molecule has 0 amide bonds. The first-order chi connectivity index (χ1) is 10.1. The van der Waals surface area contributed by atoms with Crippen LogP contribution in [0.25, 0.3) is 0 Å². The van der Waals surface area contributed by atoms with Crippen molar-refractivity contribution >= 4 is 29.0 Å². The number of ketones is 1. The third kappa shape index (κ3) is 3.30. The van der Waals surface area contributed by atoms with E-state index in [1.807, 2.05) is 18.2 Å². The number of Topliss-reactive ketones (excluding diaryl/α,β-unsaturated/α-hetero) is 1. The molecule has 1 aliphatic rings. The third-order valence-corrected chi connectivity index (χ3v) is 4.90. The van der Waals surface area contributed by atoms with Crippen molar-refractivity contribution < 1.29 is 4.79 Å². The molecule has 1 nitrogen and oxygen atoms in total. The van der Waals surface area contributed by atoms with Crippen molar-refractivity contribution in [2.24, 2.45) is 0 Å². The Labute approximate surface area is 134 Å². The molecule has 2 aromatic carbocycles. The van der Waals surface area contributed by atoms with Gasteiger partial charge in [0.05, 0.1) is 10.0 Å². The molecule has 0 atom stereocenters. The van der Waals surface area contributed by atoms with E-state index in [1.165, 1.54) is 24.8 Å². The standard InChI is InChI=1S/C18H16Cl2O/c19-16-9-4-12(10-17(16)20)11-18(21)15-7-5-14(6-8-15)13-2-1-3-13/h4-10,13H,1-3,11H2. The van der Waals surface area contributed by atoms with Crippen LogP contribution < -0.4 is 0 Å². The van der Waals surface area contributed by atoms with Crippen LogP contribution in [-0.4, -0.2) is 5.78 Å². The first-order valence-electron chi connectivity index (χ1n) is 7.20. The fourth-order valence-corrected chi connectivity index (χ4v) is 2.94. The summed E-state index contributed by atoms with van der Waals surface area (Å²) in [6.07, 6.45) is 4.22. The summed E-state index contributed by atoms with van der Waals surface area (Å²) in [5.74, 6) is 0.803. The number of carbonyl (C=O) groups is 1. The second-order valence-electron chi connectivity index (χ2n) is 5.60. The number of hydrogen-bond acceptors (Lipinski definition) is 1. The van der Waals surface area contributed by atoms with Gasteiger partial charge in [0, 0.05) is 12.0 Å². The van der Waals surface area contributed by atoms with Crippen LogP contribution in [0.2, 0.25) is 10.0 Å². The zero-order valence-corrected chi connectivity index (χ0v) is 13.1. The molecule has 0 spiro atoms. The second kappa shape index (κ2) is 6.21. The quantitative estimate of drug-likeness (QED) is 0.662. The van der Waals surface area contributed by atoms with E-state index in [2.05, 4.69) is 12.1 Å². The Bertz CT molecular complexity index is 657. The molecule has 1 fully saturated rings. The molecule has 0 unspecified atom stereocenters. The zero-order valence-electron chi connectivity index (χ0n) is 11.6. The van der Waals surface area contributed by atoms with Crippen LogP contribution in [0.3, 0.4) is 0 Å². The van der Waals surface area contributed by atoms with Crippen molar-refractivity contribution in [3.05, 3.63) is 69.2 Å². The summed E-state index contributed by atoms with van der Waals surface area (Å²) in [5.41, 5.74) is 2.99. The van der Waals surface area contributed by atoms with Crippen molar-refractivity contribution in [1.29, 1.82) is 0 Å². The van der Waals surface area contributed by atoms with Crippen molar-refractivity contribution in [3.8, 4) is 0 Å². The van der Waals surface area contributed by atoms with E-state index in [0.29, 0.717) is 22.4 Å². The molecule has 21 heavy (non-hydrogen) atoms. The largest absolute Gasteiger partial charge is 0.294 e. The van der Waals surface area contributed by atoms with E-state index in [9.17, 15) is 4.79 Å². The maximum absolute atomic E-state index is 12.3. The lowest BCUT2D eigenvalue weighted by Gasteiger charge is -2.25. The molecule has 0 radical (unpaired) electrons. The van der Waals surface area contributed by atoms with Crippen molar-refractivity contribution in [1.82, 2.24) is 0 Å². The normalized spacial score (nSPS) is 14.8. The first kappa shape index (κ1) is 14.6. The van der Waals surface area contributed by atoms with E-state index in [4.69, 9.17) is 23.2 Å². The second-order valence-corrected chi connectivity index (χ2v) is 6.41. The minimum absolute atomic E-state index is 0.105. The summed E-state index contributed by atoms with van der Waals surface area (Å²) in [5, 5.41) is 1.00. The summed E-state index contributed by atoms with van der Waals surface area (Å²) >= 11 is 11.9. The SMILES string of the molecule is O=C(Cc1ccc(Cl)c(Cl)c1)c1ccc(C2CCC2)cc1. The highest BCUT2D eigenvalue weighted by molar-refractivity contribution is 6.42. The average molecular weight is 319 g/mol. The Hall–Kier alpha value is -1.31. The molecule has 0 saturated heterocycles. The van der Waals surface area contributed by atoms with Crippen LogP contribution in [0.1, 0.15) is 46.7 Å². The third-order valence-electron chi connectivity index (χ3n) is 4.16. The van der Waals surface area contributed by atoms with Gasteiger partial charge in [-0.3, -0.25) is 4.79 Å². The minimum atomic E-state index is 0.105. The van der Waals surface area contributed by atoms with Crippen LogP contribution in [0, 0.1) is 0 Å². The Morgan fingerprint density at radius 3 is 2.29 bits per heavy atom. The minimum Gasteiger partial charge on any atom is -0.294 e. The van der Waals surface area contributed by atoms with Gasteiger partial charge in [-0.05, 0) is 42.0 Å². The number of rotatable bonds is 4. The molecule has 0 N–H and O–H groups in total. The maximum atomic E-state index is 12.3. The van der Waals surface area contributed by atoms with Gasteiger partial charge < -0.3 is 0 Å². The van der Waals surface area contributed by atoms with Gasteiger partial charge in [0.2, 0.25) is 0 Å². The summed E-state index contributed by atoms with van der Waals surface area (Å²) < 4.78 is 0. The predicted molar refractivity (Wildman–Crippen MR) is 87.5 cm³/mol. The Morgan fingerprint density at radius 2 is 1.71 bits per heavy atom. The van der Waals surface area contributed by atoms with E-state index in [-0.39, 0.29) is 5.78 Å². The lowest BCUT2D eigenvalue weighted by atomic mass is 9.80. The summed E-state index contributed by atoms with van der Waals surface area (Å²) in [4.78, 5) is 12.3. The van der Waals surface area contributed by atoms with Gasteiger partial charge in [-0.2, -0.15) is 0 Å². The topological polar surface area (TPSA) is 17.1 Å². The smallest absolute Gasteiger partial charge is 0.167 e. The summed E-state index contributed by atoms with van der Waals surface area (Å²) in [7, 11) is 0. The van der Waals surface area contributed by atoms with Crippen molar-refractivity contribution in [3.63, 3.8) is 0 Å². The zero-order chi connectivity index (χ0) is 14.8. The molecular weight excluding hydrogens is 303 g/mol. The molecule has 0 aromatic heterocycles. The molecule has 3 heteroatoms. The lowest BCUT2D eigenvalue weighted by Crippen LogP contribution is -2.09. The number of benzene rings is 2. The number of halogens is 2. The fraction of sp³-hybridized carbons (Fsp3) is 0.278. The van der Waals surface area contributed by atoms with Crippen LogP contribution in [0.5, 0.6) is 0 Å². The van der Waals surface area contributed by atoms with Crippen LogP contribution in [0.15, 0.2) is 42.5 Å². The van der Waals surface area contributed by atoms with E-state index < -0.39 is 0 Å². The molecule has 0 heterocycles. The van der Waals surface area contributed by atoms with E-state index in [1.54, 1.807) is 12.1 Å². The highest BCUT2D eigenvalue weighted by Gasteiger charge is 2.19. The molecule has 0 bridgehead atoms. The molecule has 1 saturated carbocycles. The van der Waals surface area contributed by atoms with E-state index >= 15 is 0 Å². The highest BCUT2D eigenvalue weighted by Crippen LogP contribution is 2.36. The molecular formula is C18H16Cl2O. The molecule has 1 aliphatic carbocycles. The van der Waals surface area contributed by atoms with Crippen LogP contribution in [-0.2, 0) is 6.42 Å². The van der Waals surface area contributed by atoms with Crippen molar-refractivity contribution in [2.75, 3.05) is 0 Å². The predicted octanol–water partition coefficient (Wildman–Crippen LogP) is 5.69. The molecule has 3 rings (SSSR count). The molecule has 0 aliphatic heterocycles. The number of carbonyl (C=O) groups excluding carboxylic acids is 1. The number of hydrogen-bond donors (Lipinski definition) is 0. The van der Waals surface area contributed by atoms with Gasteiger partial charge >= 0.3 is 0 Å². The Morgan fingerprint density at radius 1 is 1.00 bits per heavy atom. The highest BCUT2D eigenvalue weighted by atomic mass is 35.5. The first-order valence-corrected chi connectivity index (χ1v) is 7.96. The van der Waals surface area contributed by atoms with E-state index in [0.717, 1.165) is 11.1 Å². The van der Waals surface area contributed by atoms with Gasteiger partial charge in [0.1, 0.15) is 0 Å². The Kier molecular flexibility index (Phi) is 4.32. The van der Waals surface area contributed by atoms with Crippen LogP contribution >= 0.6 is 23.2 Å². The summed E-state index contributed by atoms with van der Waals surface area (Å²) in [6, 6.07) is 13.4. The average Bonchev–Trinajstić information content (AvgIpc) is 2.42. The maximum Gasteiger partial charge on any atom is 0.167 e. The van der Waals surface area contributed by atoms with Gasteiger partial charge in [-0.15, -0.1) is 0 Å². The van der Waals surface area contributed by atoms with Gasteiger partial charge in [0.25, 0.3) is 0 Å². The monoisotopic (exact) mass is 318 g/mol. The molecule has 108 valence electrons. The Balaban J connectivity index is 1.70. The fourth-order valence-electron chi connectivity index (χ4n) is 2.62. The van der Waals surface area contributed by atoms with Crippen LogP contribution in [0.4, 0.5) is 0 Å². The van der Waals surface area contributed by atoms with Gasteiger partial charge in [-0.1, -0.05) is 60.0 Å². The van der Waals surface area contributed by atoms with Crippen molar-refractivity contribution in [2.45, 2.75) is 31.6 Å².